The van der Waals surface area contributed by atoms with Crippen LogP contribution < -0.4 is 11.5 Å². The topological polar surface area (TPSA) is 124 Å². The second-order valence-corrected chi connectivity index (χ2v) is 4.00. The summed E-state index contributed by atoms with van der Waals surface area (Å²) in [7, 11) is 0. The first-order valence-electron chi connectivity index (χ1n) is 5.51. The molecular weight excluding hydrogens is 244 g/mol. The zero-order valence-electron chi connectivity index (χ0n) is 9.79. The van der Waals surface area contributed by atoms with Crippen LogP contribution in [-0.4, -0.2) is 26.1 Å². The van der Waals surface area contributed by atoms with Crippen LogP contribution in [0.2, 0.25) is 0 Å². The minimum absolute atomic E-state index is 0.354. The molecule has 94 valence electrons. The minimum Gasteiger partial charge on any atom is -0.383 e. The zero-order chi connectivity index (χ0) is 13.4. The molecule has 0 radical (unpaired) electrons. The number of hydrogen-bond acceptors (Lipinski definition) is 5. The first-order valence-corrected chi connectivity index (χ1v) is 5.51. The molecule has 0 fully saturated rings. The molecule has 3 rings (SSSR count). The third kappa shape index (κ3) is 1.77. The van der Waals surface area contributed by atoms with E-state index in [1.807, 2.05) is 0 Å². The molecule has 1 aromatic carbocycles. The van der Waals surface area contributed by atoms with Gasteiger partial charge in [0.25, 0.3) is 0 Å². The number of nitrogens with zero attached hydrogens (tertiary/aromatic N) is 3. The van der Waals surface area contributed by atoms with E-state index in [1.165, 1.54) is 6.33 Å². The lowest BCUT2D eigenvalue weighted by atomic mass is 10.1. The first kappa shape index (κ1) is 11.1. The molecule has 0 aliphatic rings. The number of fused-ring (bicyclic) bond motifs is 1. The van der Waals surface area contributed by atoms with Crippen LogP contribution >= 0.6 is 0 Å². The van der Waals surface area contributed by atoms with E-state index in [0.29, 0.717) is 28.1 Å². The van der Waals surface area contributed by atoms with Crippen molar-refractivity contribution in [1.82, 2.24) is 20.2 Å². The summed E-state index contributed by atoms with van der Waals surface area (Å²) in [5, 5.41) is 7.60. The molecular formula is C12H10N6O. The number of nitrogen functional groups attached to an aromatic ring is 1. The number of aromatic amines is 1. The average Bonchev–Trinajstić information content (AvgIpc) is 2.84. The van der Waals surface area contributed by atoms with E-state index in [1.54, 1.807) is 24.3 Å². The largest absolute Gasteiger partial charge is 0.383 e. The Hall–Kier alpha value is -2.96. The fraction of sp³-hybridized carbons (Fsp3) is 0. The van der Waals surface area contributed by atoms with E-state index in [9.17, 15) is 4.79 Å². The van der Waals surface area contributed by atoms with E-state index in [0.717, 1.165) is 5.56 Å². The molecule has 0 aliphatic heterocycles. The number of hydrogen-bond donors (Lipinski definition) is 3. The van der Waals surface area contributed by atoms with Gasteiger partial charge in [0.15, 0.2) is 5.65 Å². The summed E-state index contributed by atoms with van der Waals surface area (Å²) in [6.45, 7) is 0. The maximum atomic E-state index is 11.0. The summed E-state index contributed by atoms with van der Waals surface area (Å²) in [5.41, 5.74) is 13.5. The normalized spacial score (nSPS) is 10.7. The van der Waals surface area contributed by atoms with Crippen molar-refractivity contribution in [2.45, 2.75) is 0 Å². The minimum atomic E-state index is -0.469. The highest BCUT2D eigenvalue weighted by atomic mass is 16.1. The van der Waals surface area contributed by atoms with Crippen LogP contribution in [0.3, 0.4) is 0 Å². The Labute approximate surface area is 107 Å². The van der Waals surface area contributed by atoms with Gasteiger partial charge in [-0.2, -0.15) is 5.10 Å². The molecule has 0 bridgehead atoms. The third-order valence-corrected chi connectivity index (χ3v) is 2.84. The standard InChI is InChI=1S/C12H10N6O/c13-10-8-9(17-18-12(8)16-5-15-10)6-1-3-7(4-2-6)11(14)19/h1-5H,(H2,14,19)(H3,13,15,16,17,18). The number of primary amides is 1. The molecule has 3 aromatic rings. The lowest BCUT2D eigenvalue weighted by Crippen LogP contribution is -2.10. The van der Waals surface area contributed by atoms with Gasteiger partial charge in [-0.05, 0) is 12.1 Å². The molecule has 0 spiro atoms. The van der Waals surface area contributed by atoms with Gasteiger partial charge in [-0.3, -0.25) is 9.89 Å². The molecule has 2 aromatic heterocycles. The van der Waals surface area contributed by atoms with Crippen LogP contribution in [0, 0.1) is 0 Å². The summed E-state index contributed by atoms with van der Waals surface area (Å²) < 4.78 is 0. The van der Waals surface area contributed by atoms with Gasteiger partial charge >= 0.3 is 0 Å². The maximum absolute atomic E-state index is 11.0. The number of nitrogens with one attached hydrogen (secondary N) is 1. The summed E-state index contributed by atoms with van der Waals surface area (Å²) in [6.07, 6.45) is 1.36. The van der Waals surface area contributed by atoms with Crippen molar-refractivity contribution >= 4 is 22.8 Å². The number of benzene rings is 1. The third-order valence-electron chi connectivity index (χ3n) is 2.84. The Kier molecular flexibility index (Phi) is 2.38. The van der Waals surface area contributed by atoms with Crippen molar-refractivity contribution in [3.63, 3.8) is 0 Å². The van der Waals surface area contributed by atoms with E-state index >= 15 is 0 Å². The quantitative estimate of drug-likeness (QED) is 0.621. The van der Waals surface area contributed by atoms with Crippen molar-refractivity contribution in [2.24, 2.45) is 5.73 Å². The summed E-state index contributed by atoms with van der Waals surface area (Å²) in [6, 6.07) is 6.81. The average molecular weight is 254 g/mol. The van der Waals surface area contributed by atoms with Gasteiger partial charge in [0.2, 0.25) is 5.91 Å². The molecule has 0 saturated heterocycles. The number of anilines is 1. The second kappa shape index (κ2) is 4.05. The number of carbonyl (C=O) groups is 1. The van der Waals surface area contributed by atoms with Crippen molar-refractivity contribution in [3.05, 3.63) is 36.2 Å². The fourth-order valence-electron chi connectivity index (χ4n) is 1.89. The lowest BCUT2D eigenvalue weighted by Gasteiger charge is -2.01. The summed E-state index contributed by atoms with van der Waals surface area (Å²) in [5.74, 6) is -0.114. The maximum Gasteiger partial charge on any atom is 0.248 e. The monoisotopic (exact) mass is 254 g/mol. The Balaban J connectivity index is 2.16. The Morgan fingerprint density at radius 3 is 2.58 bits per heavy atom. The highest BCUT2D eigenvalue weighted by Gasteiger charge is 2.12. The Morgan fingerprint density at radius 1 is 1.16 bits per heavy atom. The molecule has 5 N–H and O–H groups in total. The number of nitrogens with two attached hydrogens (primary N) is 2. The smallest absolute Gasteiger partial charge is 0.248 e. The van der Waals surface area contributed by atoms with Crippen molar-refractivity contribution in [2.75, 3.05) is 5.73 Å². The van der Waals surface area contributed by atoms with Crippen LogP contribution in [0.4, 0.5) is 5.82 Å². The number of carbonyl (C=O) groups excluding carboxylic acids is 1. The van der Waals surface area contributed by atoms with E-state index < -0.39 is 5.91 Å². The zero-order valence-corrected chi connectivity index (χ0v) is 9.79. The molecule has 7 heteroatoms. The lowest BCUT2D eigenvalue weighted by molar-refractivity contribution is 0.100. The molecule has 0 aliphatic carbocycles. The summed E-state index contributed by atoms with van der Waals surface area (Å²) >= 11 is 0. The predicted octanol–water partition coefficient (Wildman–Crippen LogP) is 0.701. The van der Waals surface area contributed by atoms with Crippen molar-refractivity contribution in [3.8, 4) is 11.3 Å². The first-order chi connectivity index (χ1) is 9.16. The number of H-pyrrole nitrogens is 1. The van der Waals surface area contributed by atoms with Crippen molar-refractivity contribution < 1.29 is 4.79 Å². The van der Waals surface area contributed by atoms with E-state index in [-0.39, 0.29) is 0 Å². The Morgan fingerprint density at radius 2 is 1.89 bits per heavy atom. The number of rotatable bonds is 2. The SMILES string of the molecule is NC(=O)c1ccc(-c2[nH]nc3ncnc(N)c23)cc1. The van der Waals surface area contributed by atoms with Crippen LogP contribution in [-0.2, 0) is 0 Å². The van der Waals surface area contributed by atoms with Gasteiger partial charge < -0.3 is 11.5 Å². The van der Waals surface area contributed by atoms with Gasteiger partial charge in [0.1, 0.15) is 12.1 Å². The Bertz CT molecular complexity index is 761. The van der Waals surface area contributed by atoms with Crippen LogP contribution in [0.25, 0.3) is 22.3 Å². The number of amides is 1. The summed E-state index contributed by atoms with van der Waals surface area (Å²) in [4.78, 5) is 19.0. The molecule has 7 nitrogen and oxygen atoms in total. The molecule has 0 atom stereocenters. The van der Waals surface area contributed by atoms with E-state index in [2.05, 4.69) is 20.2 Å². The molecule has 19 heavy (non-hydrogen) atoms. The van der Waals surface area contributed by atoms with Gasteiger partial charge in [-0.15, -0.1) is 0 Å². The molecule has 0 unspecified atom stereocenters. The highest BCUT2D eigenvalue weighted by Crippen LogP contribution is 2.28. The van der Waals surface area contributed by atoms with Gasteiger partial charge in [-0.25, -0.2) is 9.97 Å². The van der Waals surface area contributed by atoms with E-state index in [4.69, 9.17) is 11.5 Å². The number of aromatic nitrogens is 4. The molecule has 1 amide bonds. The fourth-order valence-corrected chi connectivity index (χ4v) is 1.89. The van der Waals surface area contributed by atoms with Crippen LogP contribution in [0.5, 0.6) is 0 Å². The van der Waals surface area contributed by atoms with Gasteiger partial charge in [0, 0.05) is 11.1 Å². The second-order valence-electron chi connectivity index (χ2n) is 4.00. The van der Waals surface area contributed by atoms with Crippen LogP contribution in [0.15, 0.2) is 30.6 Å². The molecule has 0 saturated carbocycles. The van der Waals surface area contributed by atoms with Crippen molar-refractivity contribution in [1.29, 1.82) is 0 Å². The van der Waals surface area contributed by atoms with Gasteiger partial charge in [-0.1, -0.05) is 12.1 Å². The van der Waals surface area contributed by atoms with Crippen LogP contribution in [0.1, 0.15) is 10.4 Å². The molecule has 2 heterocycles. The predicted molar refractivity (Wildman–Crippen MR) is 70.0 cm³/mol. The highest BCUT2D eigenvalue weighted by molar-refractivity contribution is 5.98. The van der Waals surface area contributed by atoms with Gasteiger partial charge in [0.05, 0.1) is 11.1 Å².